The van der Waals surface area contributed by atoms with Gasteiger partial charge in [-0.2, -0.15) is 0 Å². The standard InChI is InChI=1S/C16H22F2N2O/c1-11-6-8-20(9-7-11)12(2)10-19-16(21)15-13(17)4-3-5-14(15)18/h3-5,11-12H,6-10H2,1-2H3,(H,19,21)/t12-/m1/s1. The van der Waals surface area contributed by atoms with Gasteiger partial charge in [0.15, 0.2) is 0 Å². The van der Waals surface area contributed by atoms with E-state index in [1.54, 1.807) is 0 Å². The van der Waals surface area contributed by atoms with E-state index in [1.807, 2.05) is 6.92 Å². The number of amides is 1. The van der Waals surface area contributed by atoms with Gasteiger partial charge in [-0.25, -0.2) is 8.78 Å². The fourth-order valence-corrected chi connectivity index (χ4v) is 2.64. The molecule has 1 fully saturated rings. The second-order valence-electron chi connectivity index (χ2n) is 5.87. The van der Waals surface area contributed by atoms with Crippen LogP contribution in [-0.4, -0.2) is 36.5 Å². The molecule has 21 heavy (non-hydrogen) atoms. The number of benzene rings is 1. The van der Waals surface area contributed by atoms with Crippen molar-refractivity contribution in [2.45, 2.75) is 32.7 Å². The van der Waals surface area contributed by atoms with Crippen molar-refractivity contribution in [3.8, 4) is 0 Å². The Morgan fingerprint density at radius 1 is 1.33 bits per heavy atom. The van der Waals surface area contributed by atoms with E-state index >= 15 is 0 Å². The Hall–Kier alpha value is -1.49. The highest BCUT2D eigenvalue weighted by molar-refractivity contribution is 5.94. The predicted octanol–water partition coefficient (Wildman–Crippen LogP) is 2.82. The number of piperidine rings is 1. The summed E-state index contributed by atoms with van der Waals surface area (Å²) < 4.78 is 27.0. The first-order valence-corrected chi connectivity index (χ1v) is 7.45. The zero-order chi connectivity index (χ0) is 15.4. The van der Waals surface area contributed by atoms with E-state index < -0.39 is 23.1 Å². The Morgan fingerprint density at radius 2 is 1.90 bits per heavy atom. The van der Waals surface area contributed by atoms with E-state index in [0.717, 1.165) is 44.0 Å². The van der Waals surface area contributed by atoms with Crippen LogP contribution in [-0.2, 0) is 0 Å². The smallest absolute Gasteiger partial charge is 0.257 e. The lowest BCUT2D eigenvalue weighted by Gasteiger charge is -2.35. The maximum atomic E-state index is 13.5. The van der Waals surface area contributed by atoms with E-state index in [9.17, 15) is 13.6 Å². The molecule has 1 aliphatic rings. The first kappa shape index (κ1) is 15.9. The average Bonchev–Trinajstić information content (AvgIpc) is 2.45. The number of carbonyl (C=O) groups excluding carboxylic acids is 1. The molecule has 1 atom stereocenters. The number of halogens is 2. The van der Waals surface area contributed by atoms with Crippen molar-refractivity contribution in [1.29, 1.82) is 0 Å². The molecular weight excluding hydrogens is 274 g/mol. The minimum atomic E-state index is -0.827. The Kier molecular flexibility index (Phi) is 5.28. The molecule has 1 aromatic carbocycles. The van der Waals surface area contributed by atoms with Gasteiger partial charge in [0.1, 0.15) is 17.2 Å². The Labute approximate surface area is 124 Å². The van der Waals surface area contributed by atoms with Crippen LogP contribution in [0, 0.1) is 17.6 Å². The van der Waals surface area contributed by atoms with Gasteiger partial charge in [-0.05, 0) is 50.9 Å². The number of nitrogens with one attached hydrogen (secondary N) is 1. The van der Waals surface area contributed by atoms with E-state index in [0.29, 0.717) is 6.54 Å². The summed E-state index contributed by atoms with van der Waals surface area (Å²) in [5, 5.41) is 2.63. The minimum Gasteiger partial charge on any atom is -0.350 e. The van der Waals surface area contributed by atoms with Crippen LogP contribution in [0.1, 0.15) is 37.0 Å². The van der Waals surface area contributed by atoms with Gasteiger partial charge >= 0.3 is 0 Å². The van der Waals surface area contributed by atoms with E-state index in [4.69, 9.17) is 0 Å². The van der Waals surface area contributed by atoms with Gasteiger partial charge in [-0.3, -0.25) is 9.69 Å². The molecule has 1 amide bonds. The molecule has 0 saturated carbocycles. The molecule has 1 saturated heterocycles. The summed E-state index contributed by atoms with van der Waals surface area (Å²) in [6.45, 7) is 6.66. The van der Waals surface area contributed by atoms with Crippen molar-refractivity contribution in [3.05, 3.63) is 35.4 Å². The van der Waals surface area contributed by atoms with Gasteiger partial charge in [0, 0.05) is 12.6 Å². The molecule has 0 aromatic heterocycles. The third-order valence-electron chi connectivity index (χ3n) is 4.19. The van der Waals surface area contributed by atoms with Crippen molar-refractivity contribution < 1.29 is 13.6 Å². The number of hydrogen-bond donors (Lipinski definition) is 1. The largest absolute Gasteiger partial charge is 0.350 e. The highest BCUT2D eigenvalue weighted by Crippen LogP contribution is 2.18. The van der Waals surface area contributed by atoms with Crippen LogP contribution in [0.25, 0.3) is 0 Å². The summed E-state index contributed by atoms with van der Waals surface area (Å²) in [4.78, 5) is 14.2. The number of rotatable bonds is 4. The summed E-state index contributed by atoms with van der Waals surface area (Å²) in [6, 6.07) is 3.59. The number of hydrogen-bond acceptors (Lipinski definition) is 2. The molecule has 1 heterocycles. The molecule has 0 unspecified atom stereocenters. The SMILES string of the molecule is CC1CCN([C@H](C)CNC(=O)c2c(F)cccc2F)CC1. The topological polar surface area (TPSA) is 32.3 Å². The van der Waals surface area contributed by atoms with E-state index in [1.165, 1.54) is 6.07 Å². The van der Waals surface area contributed by atoms with E-state index in [2.05, 4.69) is 17.1 Å². The van der Waals surface area contributed by atoms with Crippen LogP contribution >= 0.6 is 0 Å². The molecule has 2 rings (SSSR count). The Morgan fingerprint density at radius 3 is 2.48 bits per heavy atom. The fourth-order valence-electron chi connectivity index (χ4n) is 2.64. The second-order valence-corrected chi connectivity index (χ2v) is 5.87. The first-order valence-electron chi connectivity index (χ1n) is 7.45. The van der Waals surface area contributed by atoms with Crippen molar-refractivity contribution >= 4 is 5.91 Å². The summed E-state index contributed by atoms with van der Waals surface area (Å²) in [7, 11) is 0. The second kappa shape index (κ2) is 6.98. The molecule has 0 radical (unpaired) electrons. The maximum Gasteiger partial charge on any atom is 0.257 e. The van der Waals surface area contributed by atoms with Crippen LogP contribution < -0.4 is 5.32 Å². The van der Waals surface area contributed by atoms with Gasteiger partial charge < -0.3 is 5.32 Å². The molecule has 116 valence electrons. The number of carbonyl (C=O) groups is 1. The van der Waals surface area contributed by atoms with Crippen molar-refractivity contribution in [1.82, 2.24) is 10.2 Å². The molecule has 1 N–H and O–H groups in total. The Bertz CT molecular complexity index is 479. The number of likely N-dealkylation sites (tertiary alicyclic amines) is 1. The van der Waals surface area contributed by atoms with Crippen LogP contribution in [0.4, 0.5) is 8.78 Å². The molecule has 0 bridgehead atoms. The van der Waals surface area contributed by atoms with E-state index in [-0.39, 0.29) is 6.04 Å². The highest BCUT2D eigenvalue weighted by Gasteiger charge is 2.22. The summed E-state index contributed by atoms with van der Waals surface area (Å²) in [5.41, 5.74) is -0.503. The van der Waals surface area contributed by atoms with Crippen molar-refractivity contribution in [2.24, 2.45) is 5.92 Å². The fraction of sp³-hybridized carbons (Fsp3) is 0.562. The monoisotopic (exact) mass is 296 g/mol. The third kappa shape index (κ3) is 4.00. The van der Waals surface area contributed by atoms with Gasteiger partial charge in [0.05, 0.1) is 0 Å². The molecule has 0 aliphatic carbocycles. The lowest BCUT2D eigenvalue weighted by atomic mass is 9.98. The van der Waals surface area contributed by atoms with Gasteiger partial charge in [0.25, 0.3) is 5.91 Å². The summed E-state index contributed by atoms with van der Waals surface area (Å²) in [5.74, 6) is -1.60. The van der Waals surface area contributed by atoms with Gasteiger partial charge in [-0.1, -0.05) is 13.0 Å². The molecule has 5 heteroatoms. The summed E-state index contributed by atoms with van der Waals surface area (Å²) in [6.07, 6.45) is 2.31. The van der Waals surface area contributed by atoms with Crippen LogP contribution in [0.5, 0.6) is 0 Å². The maximum absolute atomic E-state index is 13.5. The van der Waals surface area contributed by atoms with Crippen LogP contribution in [0.2, 0.25) is 0 Å². The highest BCUT2D eigenvalue weighted by atomic mass is 19.1. The van der Waals surface area contributed by atoms with Crippen molar-refractivity contribution in [2.75, 3.05) is 19.6 Å². The van der Waals surface area contributed by atoms with Crippen LogP contribution in [0.3, 0.4) is 0 Å². The molecule has 1 aliphatic heterocycles. The molecule has 1 aromatic rings. The Balaban J connectivity index is 1.89. The van der Waals surface area contributed by atoms with Gasteiger partial charge in [-0.15, -0.1) is 0 Å². The quantitative estimate of drug-likeness (QED) is 0.926. The number of nitrogens with zero attached hydrogens (tertiary/aromatic N) is 1. The average molecular weight is 296 g/mol. The molecule has 0 spiro atoms. The lowest BCUT2D eigenvalue weighted by molar-refractivity contribution is 0.0913. The first-order chi connectivity index (χ1) is 9.99. The van der Waals surface area contributed by atoms with Gasteiger partial charge in [0.2, 0.25) is 0 Å². The van der Waals surface area contributed by atoms with Crippen molar-refractivity contribution in [3.63, 3.8) is 0 Å². The zero-order valence-electron chi connectivity index (χ0n) is 12.5. The minimum absolute atomic E-state index is 0.163. The summed E-state index contributed by atoms with van der Waals surface area (Å²) >= 11 is 0. The van der Waals surface area contributed by atoms with Crippen LogP contribution in [0.15, 0.2) is 18.2 Å². The molecule has 3 nitrogen and oxygen atoms in total. The zero-order valence-corrected chi connectivity index (χ0v) is 12.5. The lowest BCUT2D eigenvalue weighted by Crippen LogP contribution is -2.45. The predicted molar refractivity (Wildman–Crippen MR) is 78.1 cm³/mol. The molecular formula is C16H22F2N2O. The normalized spacial score (nSPS) is 18.5. The third-order valence-corrected chi connectivity index (χ3v) is 4.19.